The van der Waals surface area contributed by atoms with Crippen LogP contribution in [0, 0.1) is 5.82 Å². The minimum absolute atomic E-state index is 0.0497. The monoisotopic (exact) mass is 337 g/mol. The molecule has 0 bridgehead atoms. The summed E-state index contributed by atoms with van der Waals surface area (Å²) in [5.41, 5.74) is 1.50. The van der Waals surface area contributed by atoms with Crippen LogP contribution in [-0.4, -0.2) is 11.7 Å². The van der Waals surface area contributed by atoms with E-state index >= 15 is 0 Å². The van der Waals surface area contributed by atoms with E-state index in [1.54, 1.807) is 12.1 Å². The Kier molecular flexibility index (Phi) is 6.28. The summed E-state index contributed by atoms with van der Waals surface area (Å²) >= 11 is 7.30. The first-order chi connectivity index (χ1) is 10.6. The maximum atomic E-state index is 13.6. The molecule has 1 amide bonds. The third-order valence-corrected chi connectivity index (χ3v) is 4.53. The van der Waals surface area contributed by atoms with Gasteiger partial charge < -0.3 is 5.32 Å². The number of carbonyl (C=O) groups excluding carboxylic acids is 1. The fourth-order valence-corrected chi connectivity index (χ4v) is 3.20. The predicted molar refractivity (Wildman–Crippen MR) is 90.6 cm³/mol. The van der Waals surface area contributed by atoms with E-state index in [0.29, 0.717) is 16.3 Å². The summed E-state index contributed by atoms with van der Waals surface area (Å²) < 4.78 is 13.6. The Morgan fingerprint density at radius 3 is 2.64 bits per heavy atom. The number of carbonyl (C=O) groups is 1. The van der Waals surface area contributed by atoms with Crippen molar-refractivity contribution in [1.82, 2.24) is 5.32 Å². The number of benzene rings is 2. The highest BCUT2D eigenvalue weighted by Crippen LogP contribution is 2.23. The van der Waals surface area contributed by atoms with Crippen molar-refractivity contribution in [3.05, 3.63) is 70.5 Å². The first-order valence-corrected chi connectivity index (χ1v) is 8.46. The molecule has 1 unspecified atom stereocenters. The van der Waals surface area contributed by atoms with Crippen molar-refractivity contribution < 1.29 is 9.18 Å². The molecule has 1 N–H and O–H groups in total. The smallest absolute Gasteiger partial charge is 0.230 e. The van der Waals surface area contributed by atoms with Gasteiger partial charge in [-0.05, 0) is 24.6 Å². The number of rotatable bonds is 6. The van der Waals surface area contributed by atoms with Gasteiger partial charge in [0.15, 0.2) is 0 Å². The van der Waals surface area contributed by atoms with E-state index in [-0.39, 0.29) is 23.5 Å². The molecular formula is C17H17ClFNOS. The van der Waals surface area contributed by atoms with E-state index in [9.17, 15) is 9.18 Å². The summed E-state index contributed by atoms with van der Waals surface area (Å²) in [5, 5.41) is 3.32. The largest absolute Gasteiger partial charge is 0.349 e. The average molecular weight is 338 g/mol. The van der Waals surface area contributed by atoms with Crippen molar-refractivity contribution in [2.24, 2.45) is 0 Å². The molecule has 2 aromatic rings. The van der Waals surface area contributed by atoms with Gasteiger partial charge in [0.25, 0.3) is 0 Å². The molecule has 2 aromatic carbocycles. The Bertz CT molecular complexity index is 616. The first-order valence-electron chi connectivity index (χ1n) is 6.93. The molecule has 116 valence electrons. The van der Waals surface area contributed by atoms with Gasteiger partial charge in [0.2, 0.25) is 5.91 Å². The third kappa shape index (κ3) is 4.75. The highest BCUT2D eigenvalue weighted by atomic mass is 35.5. The molecule has 0 aromatic heterocycles. The van der Waals surface area contributed by atoms with Crippen molar-refractivity contribution in [2.75, 3.05) is 5.75 Å². The molecule has 0 spiro atoms. The second kappa shape index (κ2) is 8.20. The zero-order chi connectivity index (χ0) is 15.9. The highest BCUT2D eigenvalue weighted by Gasteiger charge is 2.11. The van der Waals surface area contributed by atoms with E-state index in [1.165, 1.54) is 17.8 Å². The Labute approximate surface area is 139 Å². The van der Waals surface area contributed by atoms with Gasteiger partial charge in [-0.15, -0.1) is 11.8 Å². The summed E-state index contributed by atoms with van der Waals surface area (Å²) in [6, 6.07) is 14.3. The molecule has 0 aliphatic carbocycles. The lowest BCUT2D eigenvalue weighted by molar-refractivity contribution is -0.119. The van der Waals surface area contributed by atoms with E-state index in [4.69, 9.17) is 11.6 Å². The Morgan fingerprint density at radius 2 is 1.95 bits per heavy atom. The van der Waals surface area contributed by atoms with Crippen LogP contribution in [0.5, 0.6) is 0 Å². The van der Waals surface area contributed by atoms with Gasteiger partial charge in [-0.3, -0.25) is 4.79 Å². The van der Waals surface area contributed by atoms with Crippen molar-refractivity contribution in [3.8, 4) is 0 Å². The van der Waals surface area contributed by atoms with Crippen LogP contribution in [0.3, 0.4) is 0 Å². The van der Waals surface area contributed by atoms with E-state index in [2.05, 4.69) is 5.32 Å². The minimum atomic E-state index is -0.335. The fraction of sp³-hybridized carbons (Fsp3) is 0.235. The fourth-order valence-electron chi connectivity index (χ4n) is 2.02. The molecule has 2 nitrogen and oxygen atoms in total. The van der Waals surface area contributed by atoms with Crippen LogP contribution in [0.25, 0.3) is 0 Å². The quantitative estimate of drug-likeness (QED) is 0.835. The van der Waals surface area contributed by atoms with Gasteiger partial charge in [0, 0.05) is 16.3 Å². The number of thioether (sulfide) groups is 1. The zero-order valence-corrected chi connectivity index (χ0v) is 13.8. The average Bonchev–Trinajstić information content (AvgIpc) is 2.51. The van der Waals surface area contributed by atoms with Gasteiger partial charge in [-0.2, -0.15) is 0 Å². The van der Waals surface area contributed by atoms with E-state index in [0.717, 1.165) is 5.56 Å². The summed E-state index contributed by atoms with van der Waals surface area (Å²) in [4.78, 5) is 11.9. The number of nitrogens with one attached hydrogen (secondary N) is 1. The van der Waals surface area contributed by atoms with Crippen LogP contribution < -0.4 is 5.32 Å². The zero-order valence-electron chi connectivity index (χ0n) is 12.2. The standard InChI is InChI=1S/C17H17ClFNOS/c1-12(13-6-3-2-4-7-13)20-17(21)11-22-10-14-15(18)8-5-9-16(14)19/h2-9,12H,10-11H2,1H3,(H,20,21). The van der Waals surface area contributed by atoms with Crippen LogP contribution in [0.1, 0.15) is 24.1 Å². The van der Waals surface area contributed by atoms with Crippen LogP contribution in [-0.2, 0) is 10.5 Å². The summed E-state index contributed by atoms with van der Waals surface area (Å²) in [6.07, 6.45) is 0. The lowest BCUT2D eigenvalue weighted by atomic mass is 10.1. The van der Waals surface area contributed by atoms with Crippen LogP contribution >= 0.6 is 23.4 Å². The van der Waals surface area contributed by atoms with Gasteiger partial charge in [0.1, 0.15) is 5.82 Å². The minimum Gasteiger partial charge on any atom is -0.349 e. The second-order valence-corrected chi connectivity index (χ2v) is 6.29. The van der Waals surface area contributed by atoms with Crippen molar-refractivity contribution in [1.29, 1.82) is 0 Å². The molecule has 22 heavy (non-hydrogen) atoms. The normalized spacial score (nSPS) is 12.0. The van der Waals surface area contributed by atoms with E-state index in [1.807, 2.05) is 37.3 Å². The molecule has 0 radical (unpaired) electrons. The SMILES string of the molecule is CC(NC(=O)CSCc1c(F)cccc1Cl)c1ccccc1. The highest BCUT2D eigenvalue weighted by molar-refractivity contribution is 7.99. The van der Waals surface area contributed by atoms with Gasteiger partial charge in [-0.25, -0.2) is 4.39 Å². The van der Waals surface area contributed by atoms with Crippen LogP contribution in [0.2, 0.25) is 5.02 Å². The molecule has 0 saturated heterocycles. The molecule has 2 rings (SSSR count). The number of hydrogen-bond acceptors (Lipinski definition) is 2. The molecule has 1 atom stereocenters. The summed E-state index contributed by atoms with van der Waals surface area (Å²) in [5.74, 6) is 0.229. The molecule has 5 heteroatoms. The Morgan fingerprint density at radius 1 is 1.23 bits per heavy atom. The maximum Gasteiger partial charge on any atom is 0.230 e. The van der Waals surface area contributed by atoms with Crippen LogP contribution in [0.4, 0.5) is 4.39 Å². The van der Waals surface area contributed by atoms with Gasteiger partial charge in [-0.1, -0.05) is 48.0 Å². The third-order valence-electron chi connectivity index (χ3n) is 3.22. The molecular weight excluding hydrogens is 321 g/mol. The van der Waals surface area contributed by atoms with Gasteiger partial charge in [0.05, 0.1) is 11.8 Å². The Balaban J connectivity index is 1.81. The van der Waals surface area contributed by atoms with Crippen molar-refractivity contribution in [2.45, 2.75) is 18.7 Å². The second-order valence-electron chi connectivity index (χ2n) is 4.89. The summed E-state index contributed by atoms with van der Waals surface area (Å²) in [7, 11) is 0. The predicted octanol–water partition coefficient (Wildman–Crippen LogP) is 4.59. The maximum absolute atomic E-state index is 13.6. The number of halogens is 2. The van der Waals surface area contributed by atoms with Crippen molar-refractivity contribution >= 4 is 29.3 Å². The Hall–Kier alpha value is -1.52. The first kappa shape index (κ1) is 16.8. The molecule has 0 saturated carbocycles. The van der Waals surface area contributed by atoms with Crippen molar-refractivity contribution in [3.63, 3.8) is 0 Å². The summed E-state index contributed by atoms with van der Waals surface area (Å²) in [6.45, 7) is 1.94. The number of amides is 1. The van der Waals surface area contributed by atoms with E-state index < -0.39 is 0 Å². The number of hydrogen-bond donors (Lipinski definition) is 1. The van der Waals surface area contributed by atoms with Gasteiger partial charge >= 0.3 is 0 Å². The lowest BCUT2D eigenvalue weighted by Gasteiger charge is -2.14. The lowest BCUT2D eigenvalue weighted by Crippen LogP contribution is -2.28. The topological polar surface area (TPSA) is 29.1 Å². The molecule has 0 aliphatic heterocycles. The molecule has 0 heterocycles. The molecule has 0 aliphatic rings. The van der Waals surface area contributed by atoms with Crippen LogP contribution in [0.15, 0.2) is 48.5 Å². The molecule has 0 fully saturated rings.